The summed E-state index contributed by atoms with van der Waals surface area (Å²) in [6.07, 6.45) is -2.25. The first-order valence-corrected chi connectivity index (χ1v) is 3.69. The second-order valence-corrected chi connectivity index (χ2v) is 2.70. The Morgan fingerprint density at radius 2 is 2.07 bits per heavy atom. The molecule has 1 N–H and O–H groups in total. The number of halogens is 3. The SMILES string of the molecule is Cc1cncc(NC(=O)C(F)(F)F)c1. The van der Waals surface area contributed by atoms with Crippen LogP contribution in [-0.2, 0) is 4.79 Å². The average molecular weight is 204 g/mol. The summed E-state index contributed by atoms with van der Waals surface area (Å²) in [5, 5.41) is 1.70. The van der Waals surface area contributed by atoms with E-state index in [1.807, 2.05) is 0 Å². The molecule has 1 aromatic rings. The molecule has 1 heterocycles. The topological polar surface area (TPSA) is 42.0 Å². The minimum atomic E-state index is -4.87. The molecule has 0 atom stereocenters. The fraction of sp³-hybridized carbons (Fsp3) is 0.250. The lowest BCUT2D eigenvalue weighted by Gasteiger charge is -2.07. The number of nitrogens with one attached hydrogen (secondary N) is 1. The predicted octanol–water partition coefficient (Wildman–Crippen LogP) is 1.89. The summed E-state index contributed by atoms with van der Waals surface area (Å²) >= 11 is 0. The number of carbonyl (C=O) groups is 1. The Morgan fingerprint density at radius 3 is 2.57 bits per heavy atom. The highest BCUT2D eigenvalue weighted by Gasteiger charge is 2.38. The minimum absolute atomic E-state index is 0.0346. The van der Waals surface area contributed by atoms with Crippen molar-refractivity contribution in [3.8, 4) is 0 Å². The quantitative estimate of drug-likeness (QED) is 0.758. The third-order valence-corrected chi connectivity index (χ3v) is 1.39. The van der Waals surface area contributed by atoms with Crippen molar-refractivity contribution in [2.24, 2.45) is 0 Å². The van der Waals surface area contributed by atoms with E-state index in [-0.39, 0.29) is 5.69 Å². The number of amides is 1. The van der Waals surface area contributed by atoms with Gasteiger partial charge < -0.3 is 5.32 Å². The smallest absolute Gasteiger partial charge is 0.317 e. The molecule has 3 nitrogen and oxygen atoms in total. The van der Waals surface area contributed by atoms with Gasteiger partial charge in [-0.15, -0.1) is 0 Å². The lowest BCUT2D eigenvalue weighted by atomic mass is 10.3. The van der Waals surface area contributed by atoms with Gasteiger partial charge in [-0.3, -0.25) is 9.78 Å². The van der Waals surface area contributed by atoms with E-state index >= 15 is 0 Å². The van der Waals surface area contributed by atoms with Gasteiger partial charge in [0.15, 0.2) is 0 Å². The van der Waals surface area contributed by atoms with Crippen molar-refractivity contribution in [2.75, 3.05) is 5.32 Å². The molecule has 0 bridgehead atoms. The van der Waals surface area contributed by atoms with E-state index in [4.69, 9.17) is 0 Å². The van der Waals surface area contributed by atoms with Crippen LogP contribution in [0.1, 0.15) is 5.56 Å². The summed E-state index contributed by atoms with van der Waals surface area (Å²) in [6.45, 7) is 1.66. The second-order valence-electron chi connectivity index (χ2n) is 2.70. The van der Waals surface area contributed by atoms with Crippen LogP contribution < -0.4 is 5.32 Å². The highest BCUT2D eigenvalue weighted by molar-refractivity contribution is 5.94. The van der Waals surface area contributed by atoms with Gasteiger partial charge in [0.05, 0.1) is 11.9 Å². The molecule has 0 saturated heterocycles. The maximum absolute atomic E-state index is 11.8. The number of alkyl halides is 3. The minimum Gasteiger partial charge on any atom is -0.317 e. The van der Waals surface area contributed by atoms with Crippen LogP contribution in [0.4, 0.5) is 18.9 Å². The third kappa shape index (κ3) is 2.72. The van der Waals surface area contributed by atoms with Crippen LogP contribution in [0.25, 0.3) is 0 Å². The van der Waals surface area contributed by atoms with Crippen molar-refractivity contribution in [3.05, 3.63) is 24.0 Å². The first-order valence-electron chi connectivity index (χ1n) is 3.69. The molecule has 1 aromatic heterocycles. The van der Waals surface area contributed by atoms with Gasteiger partial charge in [-0.25, -0.2) is 0 Å². The number of aromatic nitrogens is 1. The fourth-order valence-electron chi connectivity index (χ4n) is 0.825. The second kappa shape index (κ2) is 3.65. The molecule has 14 heavy (non-hydrogen) atoms. The molecular formula is C8H7F3N2O. The largest absolute Gasteiger partial charge is 0.471 e. The summed E-state index contributed by atoms with van der Waals surface area (Å²) in [5.74, 6) is -2.00. The van der Waals surface area contributed by atoms with Gasteiger partial charge in [0.1, 0.15) is 0 Å². The predicted molar refractivity (Wildman–Crippen MR) is 43.7 cm³/mol. The molecule has 1 amide bonds. The molecule has 0 radical (unpaired) electrons. The normalized spacial score (nSPS) is 11.1. The molecule has 0 fully saturated rings. The first kappa shape index (κ1) is 10.5. The van der Waals surface area contributed by atoms with E-state index in [9.17, 15) is 18.0 Å². The summed E-state index contributed by atoms with van der Waals surface area (Å²) in [5.41, 5.74) is 0.706. The van der Waals surface area contributed by atoms with Crippen molar-refractivity contribution >= 4 is 11.6 Å². The number of anilines is 1. The van der Waals surface area contributed by atoms with E-state index in [1.165, 1.54) is 12.3 Å². The third-order valence-electron chi connectivity index (χ3n) is 1.39. The van der Waals surface area contributed by atoms with Crippen LogP contribution in [0.15, 0.2) is 18.5 Å². The zero-order valence-electron chi connectivity index (χ0n) is 7.22. The maximum Gasteiger partial charge on any atom is 0.471 e. The van der Waals surface area contributed by atoms with E-state index in [0.29, 0.717) is 5.56 Å². The molecule has 0 aliphatic rings. The number of hydrogen-bond donors (Lipinski definition) is 1. The summed E-state index contributed by atoms with van der Waals surface area (Å²) in [6, 6.07) is 1.40. The van der Waals surface area contributed by atoms with Crippen molar-refractivity contribution in [1.82, 2.24) is 4.98 Å². The van der Waals surface area contributed by atoms with Gasteiger partial charge in [0.25, 0.3) is 0 Å². The number of hydrogen-bond acceptors (Lipinski definition) is 2. The molecule has 0 spiro atoms. The van der Waals surface area contributed by atoms with Gasteiger partial charge >= 0.3 is 12.1 Å². The molecule has 6 heteroatoms. The highest BCUT2D eigenvalue weighted by atomic mass is 19.4. The Bertz CT molecular complexity index is 349. The number of nitrogens with zero attached hydrogens (tertiary/aromatic N) is 1. The Balaban J connectivity index is 2.75. The zero-order valence-corrected chi connectivity index (χ0v) is 7.22. The lowest BCUT2D eigenvalue weighted by molar-refractivity contribution is -0.167. The van der Waals surface area contributed by atoms with Crippen LogP contribution in [-0.4, -0.2) is 17.1 Å². The molecule has 0 aromatic carbocycles. The number of carbonyl (C=O) groups excluding carboxylic acids is 1. The number of rotatable bonds is 1. The van der Waals surface area contributed by atoms with Crippen molar-refractivity contribution < 1.29 is 18.0 Å². The number of pyridine rings is 1. The van der Waals surface area contributed by atoms with Gasteiger partial charge in [-0.1, -0.05) is 0 Å². The molecule has 0 aliphatic heterocycles. The van der Waals surface area contributed by atoms with E-state index in [1.54, 1.807) is 12.2 Å². The summed E-state index contributed by atoms with van der Waals surface area (Å²) < 4.78 is 35.4. The Morgan fingerprint density at radius 1 is 1.43 bits per heavy atom. The monoisotopic (exact) mass is 204 g/mol. The summed E-state index contributed by atoms with van der Waals surface area (Å²) in [7, 11) is 0. The van der Waals surface area contributed by atoms with Crippen LogP contribution in [0.3, 0.4) is 0 Å². The average Bonchev–Trinajstić information content (AvgIpc) is 2.02. The Hall–Kier alpha value is -1.59. The molecule has 1 rings (SSSR count). The van der Waals surface area contributed by atoms with E-state index in [2.05, 4.69) is 4.98 Å². The van der Waals surface area contributed by atoms with E-state index < -0.39 is 12.1 Å². The molecule has 0 aliphatic carbocycles. The van der Waals surface area contributed by atoms with Crippen LogP contribution in [0.2, 0.25) is 0 Å². The first-order chi connectivity index (χ1) is 6.39. The van der Waals surface area contributed by atoms with E-state index in [0.717, 1.165) is 6.20 Å². The van der Waals surface area contributed by atoms with Gasteiger partial charge in [0.2, 0.25) is 0 Å². The van der Waals surface area contributed by atoms with Gasteiger partial charge in [-0.2, -0.15) is 13.2 Å². The molecular weight excluding hydrogens is 197 g/mol. The van der Waals surface area contributed by atoms with Crippen molar-refractivity contribution in [1.29, 1.82) is 0 Å². The van der Waals surface area contributed by atoms with Gasteiger partial charge in [0, 0.05) is 6.20 Å². The van der Waals surface area contributed by atoms with Crippen molar-refractivity contribution in [3.63, 3.8) is 0 Å². The maximum atomic E-state index is 11.8. The highest BCUT2D eigenvalue weighted by Crippen LogP contribution is 2.17. The lowest BCUT2D eigenvalue weighted by Crippen LogP contribution is -2.29. The van der Waals surface area contributed by atoms with Crippen molar-refractivity contribution in [2.45, 2.75) is 13.1 Å². The molecule has 0 unspecified atom stereocenters. The van der Waals surface area contributed by atoms with Crippen LogP contribution in [0.5, 0.6) is 0 Å². The van der Waals surface area contributed by atoms with Crippen LogP contribution in [0, 0.1) is 6.92 Å². The summed E-state index contributed by atoms with van der Waals surface area (Å²) in [4.78, 5) is 14.1. The fourth-order valence-corrected chi connectivity index (χ4v) is 0.825. The van der Waals surface area contributed by atoms with Crippen LogP contribution >= 0.6 is 0 Å². The van der Waals surface area contributed by atoms with Gasteiger partial charge in [-0.05, 0) is 18.6 Å². The Kier molecular flexibility index (Phi) is 2.73. The standard InChI is InChI=1S/C8H7F3N2O/c1-5-2-6(4-12-3-5)13-7(14)8(9,10)11/h2-4H,1H3,(H,13,14). The number of aryl methyl sites for hydroxylation is 1. The molecule has 0 saturated carbocycles. The molecule has 76 valence electrons. The zero-order chi connectivity index (χ0) is 10.8. The Labute approximate surface area is 78.0 Å².